The van der Waals surface area contributed by atoms with Gasteiger partial charge in [-0.25, -0.2) is 13.2 Å². The standard InChI is InChI=1S/C31H30F3N3O2S/c1-18-23(15-24-25(32)8-6-9-26(24)33)31-37(30(38)28(18)22-7-5-10-27(39-4)29(22)34)21(17-40-31)16-35-19-11-13-20(14-12-19)36(2)3/h5-14,21,35H,15-17H2,1-4H3. The van der Waals surface area contributed by atoms with Crippen LogP contribution in [-0.4, -0.2) is 38.1 Å². The van der Waals surface area contributed by atoms with Gasteiger partial charge in [-0.05, 0) is 60.5 Å². The number of hydrogen-bond acceptors (Lipinski definition) is 5. The molecule has 1 unspecified atom stereocenters. The lowest BCUT2D eigenvalue weighted by Gasteiger charge is -2.22. The molecule has 0 saturated carbocycles. The van der Waals surface area contributed by atoms with Crippen LogP contribution in [0.15, 0.2) is 70.5 Å². The van der Waals surface area contributed by atoms with Crippen molar-refractivity contribution in [1.29, 1.82) is 0 Å². The van der Waals surface area contributed by atoms with Crippen LogP contribution in [0.2, 0.25) is 0 Å². The van der Waals surface area contributed by atoms with Crippen LogP contribution in [0.5, 0.6) is 5.75 Å². The van der Waals surface area contributed by atoms with Gasteiger partial charge in [-0.15, -0.1) is 11.8 Å². The highest BCUT2D eigenvalue weighted by Crippen LogP contribution is 2.41. The molecule has 0 spiro atoms. The van der Waals surface area contributed by atoms with Gasteiger partial charge in [-0.3, -0.25) is 9.36 Å². The number of aromatic nitrogens is 1. The first-order chi connectivity index (χ1) is 19.2. The van der Waals surface area contributed by atoms with Gasteiger partial charge in [0.25, 0.3) is 5.56 Å². The molecule has 0 aliphatic carbocycles. The summed E-state index contributed by atoms with van der Waals surface area (Å²) in [6.07, 6.45) is -0.0717. The van der Waals surface area contributed by atoms with Crippen LogP contribution >= 0.6 is 11.8 Å². The van der Waals surface area contributed by atoms with E-state index in [0.29, 0.717) is 28.5 Å². The van der Waals surface area contributed by atoms with E-state index in [4.69, 9.17) is 4.74 Å². The third kappa shape index (κ3) is 5.06. The molecular weight excluding hydrogens is 535 g/mol. The van der Waals surface area contributed by atoms with E-state index in [1.165, 1.54) is 49.2 Å². The smallest absolute Gasteiger partial charge is 0.260 e. The quantitative estimate of drug-likeness (QED) is 0.259. The Hall–Kier alpha value is -3.85. The van der Waals surface area contributed by atoms with E-state index < -0.39 is 17.5 Å². The molecule has 0 fully saturated rings. The summed E-state index contributed by atoms with van der Waals surface area (Å²) in [6, 6.07) is 16.1. The molecule has 1 N–H and O–H groups in total. The zero-order valence-corrected chi connectivity index (χ0v) is 23.5. The van der Waals surface area contributed by atoms with E-state index in [1.807, 2.05) is 43.3 Å². The van der Waals surface area contributed by atoms with E-state index in [9.17, 15) is 13.6 Å². The fourth-order valence-corrected chi connectivity index (χ4v) is 6.48. The predicted octanol–water partition coefficient (Wildman–Crippen LogP) is 6.67. The molecule has 0 bridgehead atoms. The summed E-state index contributed by atoms with van der Waals surface area (Å²) in [5.41, 5.74) is 2.87. The highest BCUT2D eigenvalue weighted by atomic mass is 32.2. The number of pyridine rings is 1. The van der Waals surface area contributed by atoms with Crippen molar-refractivity contribution in [2.45, 2.75) is 24.4 Å². The Balaban J connectivity index is 1.62. The van der Waals surface area contributed by atoms with E-state index in [2.05, 4.69) is 5.32 Å². The number of nitrogens with zero attached hydrogens (tertiary/aromatic N) is 2. The van der Waals surface area contributed by atoms with E-state index in [1.54, 1.807) is 17.6 Å². The molecule has 1 atom stereocenters. The molecule has 1 aliphatic heterocycles. The van der Waals surface area contributed by atoms with Crippen molar-refractivity contribution >= 4 is 23.1 Å². The number of anilines is 2. The lowest BCUT2D eigenvalue weighted by atomic mass is 9.94. The Kier molecular flexibility index (Phi) is 7.85. The van der Waals surface area contributed by atoms with Crippen LogP contribution in [-0.2, 0) is 6.42 Å². The SMILES string of the molecule is COc1cccc(-c2c(C)c(Cc3c(F)cccc3F)c3n(c2=O)C(CNc2ccc(N(C)C)cc2)CS3)c1F. The Labute approximate surface area is 235 Å². The van der Waals surface area contributed by atoms with Crippen molar-refractivity contribution < 1.29 is 17.9 Å². The number of rotatable bonds is 8. The Morgan fingerprint density at radius 1 is 1.00 bits per heavy atom. The van der Waals surface area contributed by atoms with Crippen molar-refractivity contribution in [3.8, 4) is 16.9 Å². The largest absolute Gasteiger partial charge is 0.494 e. The summed E-state index contributed by atoms with van der Waals surface area (Å²) < 4.78 is 51.8. The molecule has 208 valence electrons. The van der Waals surface area contributed by atoms with Gasteiger partial charge in [0.1, 0.15) is 11.6 Å². The minimum absolute atomic E-state index is 0.0114. The number of methoxy groups -OCH3 is 1. The van der Waals surface area contributed by atoms with Crippen LogP contribution in [0, 0.1) is 24.4 Å². The maximum absolute atomic E-state index is 15.5. The molecule has 0 amide bonds. The second-order valence-electron chi connectivity index (χ2n) is 9.94. The molecule has 5 rings (SSSR count). The average Bonchev–Trinajstić information content (AvgIpc) is 3.36. The van der Waals surface area contributed by atoms with Gasteiger partial charge in [-0.1, -0.05) is 18.2 Å². The lowest BCUT2D eigenvalue weighted by Crippen LogP contribution is -2.31. The molecule has 3 aromatic carbocycles. The Morgan fingerprint density at radius 2 is 1.68 bits per heavy atom. The van der Waals surface area contributed by atoms with Crippen LogP contribution in [0.4, 0.5) is 24.5 Å². The molecule has 0 radical (unpaired) electrons. The molecule has 0 saturated heterocycles. The Bertz CT molecular complexity index is 1600. The summed E-state index contributed by atoms with van der Waals surface area (Å²) in [5, 5.41) is 4.05. The van der Waals surface area contributed by atoms with Crippen molar-refractivity contribution in [2.24, 2.45) is 0 Å². The first-order valence-electron chi connectivity index (χ1n) is 12.9. The van der Waals surface area contributed by atoms with E-state index in [-0.39, 0.29) is 40.5 Å². The minimum atomic E-state index is -0.666. The fraction of sp³-hybridized carbons (Fsp3) is 0.258. The second-order valence-corrected chi connectivity index (χ2v) is 11.0. The molecule has 4 aromatic rings. The first-order valence-corrected chi connectivity index (χ1v) is 13.9. The van der Waals surface area contributed by atoms with Gasteiger partial charge >= 0.3 is 0 Å². The molecule has 2 heterocycles. The molecular formula is C31H30F3N3O2S. The fourth-order valence-electron chi connectivity index (χ4n) is 5.10. The van der Waals surface area contributed by atoms with Crippen molar-refractivity contribution in [2.75, 3.05) is 43.7 Å². The third-order valence-corrected chi connectivity index (χ3v) is 8.58. The van der Waals surface area contributed by atoms with Crippen LogP contribution in [0.1, 0.15) is 22.7 Å². The van der Waals surface area contributed by atoms with Gasteiger partial charge in [0.15, 0.2) is 11.6 Å². The zero-order valence-electron chi connectivity index (χ0n) is 22.7. The molecule has 5 nitrogen and oxygen atoms in total. The van der Waals surface area contributed by atoms with E-state index in [0.717, 1.165) is 11.4 Å². The predicted molar refractivity (Wildman–Crippen MR) is 156 cm³/mol. The summed E-state index contributed by atoms with van der Waals surface area (Å²) in [7, 11) is 5.30. The second kappa shape index (κ2) is 11.3. The van der Waals surface area contributed by atoms with Crippen LogP contribution < -0.4 is 20.5 Å². The average molecular weight is 566 g/mol. The van der Waals surface area contributed by atoms with Gasteiger partial charge in [0.2, 0.25) is 0 Å². The van der Waals surface area contributed by atoms with Crippen LogP contribution in [0.25, 0.3) is 11.1 Å². The van der Waals surface area contributed by atoms with Gasteiger partial charge < -0.3 is 15.0 Å². The molecule has 1 aromatic heterocycles. The third-order valence-electron chi connectivity index (χ3n) is 7.31. The van der Waals surface area contributed by atoms with Crippen molar-refractivity contribution in [1.82, 2.24) is 4.57 Å². The maximum Gasteiger partial charge on any atom is 0.260 e. The van der Waals surface area contributed by atoms with Gasteiger partial charge in [0, 0.05) is 55.3 Å². The summed E-state index contributed by atoms with van der Waals surface area (Å²) >= 11 is 1.47. The number of thioether (sulfide) groups is 1. The number of hydrogen-bond donors (Lipinski definition) is 1. The molecule has 9 heteroatoms. The first kappa shape index (κ1) is 27.7. The lowest BCUT2D eigenvalue weighted by molar-refractivity contribution is 0.387. The monoisotopic (exact) mass is 565 g/mol. The van der Waals surface area contributed by atoms with E-state index >= 15 is 4.39 Å². The molecule has 40 heavy (non-hydrogen) atoms. The summed E-state index contributed by atoms with van der Waals surface area (Å²) in [5.74, 6) is -1.40. The zero-order chi connectivity index (χ0) is 28.6. The van der Waals surface area contributed by atoms with Crippen molar-refractivity contribution in [3.05, 3.63) is 105 Å². The topological polar surface area (TPSA) is 46.5 Å². The van der Waals surface area contributed by atoms with Gasteiger partial charge in [-0.2, -0.15) is 0 Å². The number of ether oxygens (including phenoxy) is 1. The maximum atomic E-state index is 15.5. The summed E-state index contributed by atoms with van der Waals surface area (Å²) in [6.45, 7) is 2.15. The highest BCUT2D eigenvalue weighted by Gasteiger charge is 2.32. The van der Waals surface area contributed by atoms with Crippen LogP contribution in [0.3, 0.4) is 0 Å². The number of benzene rings is 3. The summed E-state index contributed by atoms with van der Waals surface area (Å²) in [4.78, 5) is 16.1. The number of fused-ring (bicyclic) bond motifs is 1. The Morgan fingerprint density at radius 3 is 2.33 bits per heavy atom. The highest BCUT2D eigenvalue weighted by molar-refractivity contribution is 7.99. The normalized spacial score (nSPS) is 14.2. The van der Waals surface area contributed by atoms with Crippen molar-refractivity contribution in [3.63, 3.8) is 0 Å². The van der Waals surface area contributed by atoms with Gasteiger partial charge in [0.05, 0.1) is 23.7 Å². The minimum Gasteiger partial charge on any atom is -0.494 e. The molecule has 1 aliphatic rings. The number of nitrogens with one attached hydrogen (secondary N) is 1. The number of halogens is 3.